The summed E-state index contributed by atoms with van der Waals surface area (Å²) in [6.45, 7) is 2.87. The zero-order valence-corrected chi connectivity index (χ0v) is 11.2. The molecular formula is C13H22N2OS. The minimum atomic E-state index is 0.561. The lowest BCUT2D eigenvalue weighted by Gasteiger charge is -2.33. The third kappa shape index (κ3) is 2.79. The fourth-order valence-corrected chi connectivity index (χ4v) is 4.31. The Bertz CT molecular complexity index is 294. The molecule has 1 aliphatic carbocycles. The van der Waals surface area contributed by atoms with Crippen molar-refractivity contribution in [3.8, 4) is 0 Å². The molecule has 3 aliphatic rings. The van der Waals surface area contributed by atoms with Crippen LogP contribution in [0.4, 0.5) is 0 Å². The van der Waals surface area contributed by atoms with Crippen LogP contribution in [0.1, 0.15) is 38.5 Å². The summed E-state index contributed by atoms with van der Waals surface area (Å²) >= 11 is 1.95. The van der Waals surface area contributed by atoms with Gasteiger partial charge in [-0.05, 0) is 31.1 Å². The molecule has 1 spiro atoms. The molecule has 1 saturated carbocycles. The molecule has 0 bridgehead atoms. The van der Waals surface area contributed by atoms with E-state index in [4.69, 9.17) is 9.73 Å². The van der Waals surface area contributed by atoms with Gasteiger partial charge in [0.15, 0.2) is 5.17 Å². The fraction of sp³-hybridized carbons (Fsp3) is 0.923. The first-order valence-corrected chi connectivity index (χ1v) is 7.86. The molecule has 0 aromatic rings. The Labute approximate surface area is 108 Å². The number of hydrogen-bond acceptors (Lipinski definition) is 4. The highest BCUT2D eigenvalue weighted by Crippen LogP contribution is 2.43. The maximum absolute atomic E-state index is 5.38. The molecule has 1 N–H and O–H groups in total. The molecular weight excluding hydrogens is 232 g/mol. The highest BCUT2D eigenvalue weighted by atomic mass is 32.2. The molecule has 3 rings (SSSR count). The number of aliphatic imine (C=N–C) groups is 1. The number of amidine groups is 1. The van der Waals surface area contributed by atoms with E-state index in [9.17, 15) is 0 Å². The van der Waals surface area contributed by atoms with Gasteiger partial charge in [0.1, 0.15) is 0 Å². The van der Waals surface area contributed by atoms with Crippen LogP contribution in [-0.4, -0.2) is 36.7 Å². The Kier molecular flexibility index (Phi) is 3.61. The van der Waals surface area contributed by atoms with E-state index in [-0.39, 0.29) is 0 Å². The molecule has 17 heavy (non-hydrogen) atoms. The van der Waals surface area contributed by atoms with E-state index in [2.05, 4.69) is 5.32 Å². The zero-order valence-electron chi connectivity index (χ0n) is 10.4. The first-order chi connectivity index (χ1) is 8.36. The minimum absolute atomic E-state index is 0.561. The van der Waals surface area contributed by atoms with Gasteiger partial charge in [-0.1, -0.05) is 24.6 Å². The van der Waals surface area contributed by atoms with Crippen LogP contribution in [0.15, 0.2) is 4.99 Å². The van der Waals surface area contributed by atoms with Crippen LogP contribution < -0.4 is 5.32 Å². The molecule has 2 heterocycles. The van der Waals surface area contributed by atoms with Gasteiger partial charge < -0.3 is 10.1 Å². The molecule has 0 unspecified atom stereocenters. The Morgan fingerprint density at radius 3 is 2.65 bits per heavy atom. The molecule has 2 aliphatic heterocycles. The third-order valence-electron chi connectivity index (χ3n) is 4.29. The quantitative estimate of drug-likeness (QED) is 0.780. The molecule has 0 aromatic heterocycles. The van der Waals surface area contributed by atoms with Crippen molar-refractivity contribution in [2.75, 3.05) is 25.5 Å². The van der Waals surface area contributed by atoms with Crippen LogP contribution in [-0.2, 0) is 4.74 Å². The van der Waals surface area contributed by atoms with Crippen molar-refractivity contribution in [2.24, 2.45) is 10.4 Å². The van der Waals surface area contributed by atoms with Crippen LogP contribution in [0.2, 0.25) is 0 Å². The first-order valence-electron chi connectivity index (χ1n) is 6.88. The van der Waals surface area contributed by atoms with E-state index in [1.165, 1.54) is 36.6 Å². The lowest BCUT2D eigenvalue weighted by molar-refractivity contribution is 0.0826. The molecule has 0 amide bonds. The standard InChI is InChI=1S/C13H22N2OS/c1-2-6-13(5-1)9-14-12(17-10-13)15-11-3-7-16-8-4-11/h11H,1-10H2,(H,14,15). The lowest BCUT2D eigenvalue weighted by Crippen LogP contribution is -2.41. The van der Waals surface area contributed by atoms with E-state index in [1.807, 2.05) is 11.8 Å². The number of thioether (sulfide) groups is 1. The van der Waals surface area contributed by atoms with E-state index < -0.39 is 0 Å². The molecule has 96 valence electrons. The maximum atomic E-state index is 5.38. The number of hydrogen-bond donors (Lipinski definition) is 1. The van der Waals surface area contributed by atoms with Crippen molar-refractivity contribution in [1.82, 2.24) is 5.32 Å². The summed E-state index contributed by atoms with van der Waals surface area (Å²) in [6.07, 6.45) is 7.88. The summed E-state index contributed by atoms with van der Waals surface area (Å²) in [5.41, 5.74) is 0.561. The van der Waals surface area contributed by atoms with Gasteiger partial charge in [0.05, 0.1) is 0 Å². The van der Waals surface area contributed by atoms with Crippen molar-refractivity contribution in [2.45, 2.75) is 44.6 Å². The van der Waals surface area contributed by atoms with Crippen molar-refractivity contribution in [3.05, 3.63) is 0 Å². The Morgan fingerprint density at radius 2 is 2.00 bits per heavy atom. The van der Waals surface area contributed by atoms with Crippen molar-refractivity contribution >= 4 is 16.9 Å². The van der Waals surface area contributed by atoms with Gasteiger partial charge in [-0.2, -0.15) is 0 Å². The number of nitrogens with zero attached hydrogens (tertiary/aromatic N) is 1. The van der Waals surface area contributed by atoms with E-state index in [0.29, 0.717) is 11.5 Å². The predicted octanol–water partition coefficient (Wildman–Crippen LogP) is 2.42. The second-order valence-corrected chi connectivity index (χ2v) is 6.61. The zero-order chi connectivity index (χ0) is 11.6. The van der Waals surface area contributed by atoms with Gasteiger partial charge in [-0.3, -0.25) is 4.99 Å². The number of ether oxygens (including phenoxy) is 1. The SMILES string of the molecule is C1CCC2(C1)CN=C(NC1CCOCC1)SC2. The highest BCUT2D eigenvalue weighted by molar-refractivity contribution is 8.13. The molecule has 0 atom stereocenters. The highest BCUT2D eigenvalue weighted by Gasteiger charge is 2.36. The average Bonchev–Trinajstić information content (AvgIpc) is 2.83. The van der Waals surface area contributed by atoms with E-state index in [0.717, 1.165) is 32.6 Å². The number of rotatable bonds is 1. The fourth-order valence-electron chi connectivity index (χ4n) is 3.08. The van der Waals surface area contributed by atoms with Gasteiger partial charge in [-0.25, -0.2) is 0 Å². The van der Waals surface area contributed by atoms with Crippen LogP contribution in [0.25, 0.3) is 0 Å². The average molecular weight is 254 g/mol. The lowest BCUT2D eigenvalue weighted by atomic mass is 9.89. The van der Waals surface area contributed by atoms with Crippen LogP contribution in [0.5, 0.6) is 0 Å². The molecule has 4 heteroatoms. The van der Waals surface area contributed by atoms with Crippen molar-refractivity contribution in [1.29, 1.82) is 0 Å². The van der Waals surface area contributed by atoms with Gasteiger partial charge in [0.2, 0.25) is 0 Å². The van der Waals surface area contributed by atoms with Crippen LogP contribution in [0, 0.1) is 5.41 Å². The van der Waals surface area contributed by atoms with Gasteiger partial charge in [0.25, 0.3) is 0 Å². The third-order valence-corrected chi connectivity index (χ3v) is 5.56. The molecule has 3 nitrogen and oxygen atoms in total. The van der Waals surface area contributed by atoms with Crippen molar-refractivity contribution in [3.63, 3.8) is 0 Å². The second-order valence-electron chi connectivity index (χ2n) is 5.65. The predicted molar refractivity (Wildman–Crippen MR) is 72.6 cm³/mol. The summed E-state index contributed by atoms with van der Waals surface area (Å²) < 4.78 is 5.38. The Hall–Kier alpha value is -0.220. The van der Waals surface area contributed by atoms with Gasteiger partial charge >= 0.3 is 0 Å². The Morgan fingerprint density at radius 1 is 1.24 bits per heavy atom. The molecule has 1 saturated heterocycles. The minimum Gasteiger partial charge on any atom is -0.381 e. The summed E-state index contributed by atoms with van der Waals surface area (Å²) in [7, 11) is 0. The normalized spacial score (nSPS) is 29.3. The van der Waals surface area contributed by atoms with E-state index >= 15 is 0 Å². The summed E-state index contributed by atoms with van der Waals surface area (Å²) in [5, 5.41) is 4.79. The summed E-state index contributed by atoms with van der Waals surface area (Å²) in [6, 6.07) is 0.590. The molecule has 2 fully saturated rings. The molecule has 0 aromatic carbocycles. The topological polar surface area (TPSA) is 33.6 Å². The Balaban J connectivity index is 1.53. The summed E-state index contributed by atoms with van der Waals surface area (Å²) in [4.78, 5) is 4.79. The first kappa shape index (κ1) is 11.8. The smallest absolute Gasteiger partial charge is 0.156 e. The van der Waals surface area contributed by atoms with Gasteiger partial charge in [-0.15, -0.1) is 0 Å². The summed E-state index contributed by atoms with van der Waals surface area (Å²) in [5.74, 6) is 1.28. The van der Waals surface area contributed by atoms with E-state index in [1.54, 1.807) is 0 Å². The van der Waals surface area contributed by atoms with Crippen LogP contribution >= 0.6 is 11.8 Å². The van der Waals surface area contributed by atoms with Crippen molar-refractivity contribution < 1.29 is 4.74 Å². The van der Waals surface area contributed by atoms with Gasteiger partial charge in [0, 0.05) is 31.6 Å². The molecule has 0 radical (unpaired) electrons. The largest absolute Gasteiger partial charge is 0.381 e. The monoisotopic (exact) mass is 254 g/mol. The number of nitrogens with one attached hydrogen (secondary N) is 1. The second kappa shape index (κ2) is 5.19. The van der Waals surface area contributed by atoms with Crippen LogP contribution in [0.3, 0.4) is 0 Å². The maximum Gasteiger partial charge on any atom is 0.156 e.